The second kappa shape index (κ2) is 10.1. The summed E-state index contributed by atoms with van der Waals surface area (Å²) in [5.41, 5.74) is 2.92. The molecule has 0 unspecified atom stereocenters. The fraction of sp³-hybridized carbons (Fsp3) is 0.760. The Bertz CT molecular complexity index is 582. The van der Waals surface area contributed by atoms with E-state index in [9.17, 15) is 0 Å². The van der Waals surface area contributed by atoms with Crippen LogP contribution in [0.1, 0.15) is 85.0 Å². The van der Waals surface area contributed by atoms with Crippen molar-refractivity contribution in [3.63, 3.8) is 0 Å². The summed E-state index contributed by atoms with van der Waals surface area (Å²) in [6.07, 6.45) is 19.3. The number of methoxy groups -OCH3 is 1. The molecule has 1 heterocycles. The van der Waals surface area contributed by atoms with E-state index in [1.54, 1.807) is 5.57 Å². The van der Waals surface area contributed by atoms with Crippen molar-refractivity contribution in [3.05, 3.63) is 35.1 Å². The molecule has 3 aliphatic rings. The van der Waals surface area contributed by atoms with Crippen LogP contribution in [0.25, 0.3) is 0 Å². The monoisotopic (exact) mass is 387 g/mol. The summed E-state index contributed by atoms with van der Waals surface area (Å²) < 4.78 is 12.0. The van der Waals surface area contributed by atoms with Crippen LogP contribution in [-0.4, -0.2) is 42.8 Å². The zero-order valence-corrected chi connectivity index (χ0v) is 18.6. The molecule has 0 N–H and O–H groups in total. The molecule has 0 aromatic carbocycles. The molecule has 3 heteroatoms. The van der Waals surface area contributed by atoms with Crippen LogP contribution < -0.4 is 0 Å². The van der Waals surface area contributed by atoms with Gasteiger partial charge in [0.2, 0.25) is 0 Å². The first-order valence-electron chi connectivity index (χ1n) is 11.5. The quantitative estimate of drug-likeness (QED) is 0.385. The van der Waals surface area contributed by atoms with Gasteiger partial charge in [0.05, 0.1) is 11.9 Å². The van der Waals surface area contributed by atoms with Gasteiger partial charge in [-0.2, -0.15) is 0 Å². The van der Waals surface area contributed by atoms with E-state index in [0.29, 0.717) is 6.10 Å². The first-order valence-corrected chi connectivity index (χ1v) is 11.5. The van der Waals surface area contributed by atoms with Crippen molar-refractivity contribution in [2.45, 2.75) is 103 Å². The highest BCUT2D eigenvalue weighted by Gasteiger charge is 2.33. The summed E-state index contributed by atoms with van der Waals surface area (Å²) in [6, 6.07) is 0.894. The third-order valence-corrected chi connectivity index (χ3v) is 7.04. The molecule has 3 fully saturated rings. The Kier molecular flexibility index (Phi) is 7.82. The molecule has 0 bridgehead atoms. The lowest BCUT2D eigenvalue weighted by Gasteiger charge is -2.40. The third kappa shape index (κ3) is 5.97. The van der Waals surface area contributed by atoms with Gasteiger partial charge in [0.25, 0.3) is 0 Å². The number of likely N-dealkylation sites (tertiary alicyclic amines) is 1. The number of allylic oxidation sites excluding steroid dienone is 5. The van der Waals surface area contributed by atoms with E-state index >= 15 is 0 Å². The van der Waals surface area contributed by atoms with Crippen molar-refractivity contribution in [1.29, 1.82) is 0 Å². The topological polar surface area (TPSA) is 21.7 Å². The highest BCUT2D eigenvalue weighted by molar-refractivity contribution is 5.27. The van der Waals surface area contributed by atoms with Crippen molar-refractivity contribution in [2.75, 3.05) is 20.2 Å². The van der Waals surface area contributed by atoms with E-state index in [0.717, 1.165) is 43.9 Å². The molecular formula is C25H41NO2. The highest BCUT2D eigenvalue weighted by Crippen LogP contribution is 2.35. The van der Waals surface area contributed by atoms with Crippen LogP contribution in [0.4, 0.5) is 0 Å². The number of rotatable bonds is 7. The molecule has 0 radical (unpaired) electrons. The predicted molar refractivity (Wildman–Crippen MR) is 117 cm³/mol. The van der Waals surface area contributed by atoms with Crippen LogP contribution in [0, 0.1) is 0 Å². The molecule has 0 atom stereocenters. The smallest absolute Gasteiger partial charge is 0.106 e. The first-order chi connectivity index (χ1) is 13.5. The Morgan fingerprint density at radius 1 is 1.11 bits per heavy atom. The summed E-state index contributed by atoms with van der Waals surface area (Å²) in [4.78, 5) is 2.71. The number of hydrogen-bond acceptors (Lipinski definition) is 3. The number of ether oxygens (including phenoxy) is 2. The predicted octanol–water partition coefficient (Wildman–Crippen LogP) is 6.17. The molecule has 3 nitrogen and oxygen atoms in total. The summed E-state index contributed by atoms with van der Waals surface area (Å²) in [6.45, 7) is 9.18. The Morgan fingerprint density at radius 3 is 2.32 bits per heavy atom. The summed E-state index contributed by atoms with van der Waals surface area (Å²) in [7, 11) is 1.82. The number of piperidine rings is 1. The maximum Gasteiger partial charge on any atom is 0.106 e. The van der Waals surface area contributed by atoms with Gasteiger partial charge < -0.3 is 9.47 Å². The molecule has 158 valence electrons. The van der Waals surface area contributed by atoms with E-state index in [-0.39, 0.29) is 5.60 Å². The van der Waals surface area contributed by atoms with Crippen LogP contribution in [0.15, 0.2) is 35.1 Å². The molecule has 2 saturated carbocycles. The lowest BCUT2D eigenvalue weighted by Crippen LogP contribution is -2.43. The Hall–Kier alpha value is -1.06. The van der Waals surface area contributed by atoms with Crippen molar-refractivity contribution in [2.24, 2.45) is 0 Å². The second-order valence-electron chi connectivity index (χ2n) is 9.31. The van der Waals surface area contributed by atoms with Gasteiger partial charge in [0, 0.05) is 32.7 Å². The second-order valence-corrected chi connectivity index (χ2v) is 9.31. The highest BCUT2D eigenvalue weighted by atomic mass is 16.5. The molecule has 0 aromatic heterocycles. The first kappa shape index (κ1) is 21.6. The molecule has 3 rings (SSSR count). The van der Waals surface area contributed by atoms with Crippen LogP contribution in [-0.2, 0) is 9.47 Å². The maximum absolute atomic E-state index is 6.45. The zero-order chi connectivity index (χ0) is 20.0. The van der Waals surface area contributed by atoms with E-state index in [2.05, 4.69) is 43.9 Å². The third-order valence-electron chi connectivity index (χ3n) is 7.04. The SMILES string of the molecule is CCC(=CC=C(C)C=C1CCN(C2CCC2)CC1)OC1(C)CCC(OC)CC1. The summed E-state index contributed by atoms with van der Waals surface area (Å²) >= 11 is 0. The van der Waals surface area contributed by atoms with Crippen molar-refractivity contribution >= 4 is 0 Å². The van der Waals surface area contributed by atoms with Crippen molar-refractivity contribution < 1.29 is 9.47 Å². The normalized spacial score (nSPS) is 30.9. The Morgan fingerprint density at radius 2 is 1.79 bits per heavy atom. The lowest BCUT2D eigenvalue weighted by molar-refractivity contribution is -0.0533. The van der Waals surface area contributed by atoms with Crippen LogP contribution in [0.5, 0.6) is 0 Å². The van der Waals surface area contributed by atoms with Gasteiger partial charge in [-0.05, 0) is 71.3 Å². The maximum atomic E-state index is 6.45. The van der Waals surface area contributed by atoms with Gasteiger partial charge in [-0.15, -0.1) is 0 Å². The molecular weight excluding hydrogens is 346 g/mol. The fourth-order valence-corrected chi connectivity index (χ4v) is 4.75. The summed E-state index contributed by atoms with van der Waals surface area (Å²) in [5, 5.41) is 0. The largest absolute Gasteiger partial charge is 0.492 e. The Balaban J connectivity index is 1.51. The number of hydrogen-bond donors (Lipinski definition) is 0. The standard InChI is InChI=1S/C25H41NO2/c1-5-23(28-25(3)15-11-24(27-4)12-16-25)10-9-20(2)19-21-13-17-26(18-14-21)22-7-6-8-22/h9-10,19,22,24H,5-8,11-18H2,1-4H3. The Labute approximate surface area is 172 Å². The minimum atomic E-state index is -0.0363. The lowest BCUT2D eigenvalue weighted by atomic mass is 9.84. The van der Waals surface area contributed by atoms with Gasteiger partial charge in [-0.3, -0.25) is 4.90 Å². The van der Waals surface area contributed by atoms with Crippen molar-refractivity contribution in [3.8, 4) is 0 Å². The average Bonchev–Trinajstić information content (AvgIpc) is 2.66. The molecule has 28 heavy (non-hydrogen) atoms. The molecule has 0 amide bonds. The van der Waals surface area contributed by atoms with Gasteiger partial charge in [-0.1, -0.05) is 36.6 Å². The summed E-state index contributed by atoms with van der Waals surface area (Å²) in [5.74, 6) is 1.11. The van der Waals surface area contributed by atoms with Gasteiger partial charge in [-0.25, -0.2) is 0 Å². The van der Waals surface area contributed by atoms with Gasteiger partial charge >= 0.3 is 0 Å². The average molecular weight is 388 g/mol. The van der Waals surface area contributed by atoms with Crippen LogP contribution >= 0.6 is 0 Å². The zero-order valence-electron chi connectivity index (χ0n) is 18.6. The molecule has 2 aliphatic carbocycles. The van der Waals surface area contributed by atoms with Crippen LogP contribution in [0.2, 0.25) is 0 Å². The minimum absolute atomic E-state index is 0.0363. The van der Waals surface area contributed by atoms with E-state index in [1.807, 2.05) is 7.11 Å². The molecule has 0 spiro atoms. The van der Waals surface area contributed by atoms with Crippen molar-refractivity contribution in [1.82, 2.24) is 4.90 Å². The fourth-order valence-electron chi connectivity index (χ4n) is 4.75. The molecule has 0 aromatic rings. The minimum Gasteiger partial charge on any atom is -0.492 e. The van der Waals surface area contributed by atoms with Gasteiger partial charge in [0.1, 0.15) is 5.60 Å². The van der Waals surface area contributed by atoms with E-state index in [1.165, 1.54) is 50.8 Å². The molecule has 1 saturated heterocycles. The van der Waals surface area contributed by atoms with E-state index in [4.69, 9.17) is 9.47 Å². The van der Waals surface area contributed by atoms with Crippen LogP contribution in [0.3, 0.4) is 0 Å². The number of nitrogens with zero attached hydrogens (tertiary/aromatic N) is 1. The van der Waals surface area contributed by atoms with E-state index < -0.39 is 0 Å². The molecule has 1 aliphatic heterocycles. The van der Waals surface area contributed by atoms with Gasteiger partial charge in [0.15, 0.2) is 0 Å².